The third kappa shape index (κ3) is 4.18. The Labute approximate surface area is 127 Å². The number of hydrogen-bond acceptors (Lipinski definition) is 4. The van der Waals surface area contributed by atoms with Crippen molar-refractivity contribution < 1.29 is 0 Å². The van der Waals surface area contributed by atoms with Crippen LogP contribution < -0.4 is 10.2 Å². The molecule has 0 atom stereocenters. The molecule has 0 radical (unpaired) electrons. The molecule has 0 bridgehead atoms. The second kappa shape index (κ2) is 7.07. The van der Waals surface area contributed by atoms with Crippen molar-refractivity contribution >= 4 is 11.6 Å². The topological polar surface area (TPSA) is 41.0 Å². The van der Waals surface area contributed by atoms with Crippen LogP contribution in [-0.4, -0.2) is 30.6 Å². The number of nitrogens with one attached hydrogen (secondary N) is 1. The second-order valence-corrected chi connectivity index (χ2v) is 5.66. The molecule has 1 aromatic heterocycles. The number of rotatable bonds is 6. The van der Waals surface area contributed by atoms with Crippen molar-refractivity contribution in [2.24, 2.45) is 5.92 Å². The average Bonchev–Trinajstić information content (AvgIpc) is 2.52. The molecule has 0 spiro atoms. The maximum absolute atomic E-state index is 4.70. The van der Waals surface area contributed by atoms with E-state index in [9.17, 15) is 0 Å². The van der Waals surface area contributed by atoms with Gasteiger partial charge in [-0.1, -0.05) is 44.2 Å². The van der Waals surface area contributed by atoms with Crippen LogP contribution in [0, 0.1) is 5.92 Å². The van der Waals surface area contributed by atoms with Crippen LogP contribution in [-0.2, 0) is 0 Å². The predicted molar refractivity (Wildman–Crippen MR) is 89.7 cm³/mol. The lowest BCUT2D eigenvalue weighted by molar-refractivity contribution is 0.583. The van der Waals surface area contributed by atoms with Crippen LogP contribution in [0.2, 0.25) is 0 Å². The Bertz CT molecular complexity index is 566. The molecule has 0 fully saturated rings. The normalized spacial score (nSPS) is 10.7. The summed E-state index contributed by atoms with van der Waals surface area (Å²) < 4.78 is 0. The van der Waals surface area contributed by atoms with Crippen molar-refractivity contribution in [2.45, 2.75) is 20.3 Å². The van der Waals surface area contributed by atoms with Gasteiger partial charge < -0.3 is 10.2 Å². The van der Waals surface area contributed by atoms with Crippen LogP contribution in [0.5, 0.6) is 0 Å². The maximum Gasteiger partial charge on any atom is 0.163 e. The average molecular weight is 284 g/mol. The molecule has 0 saturated heterocycles. The third-order valence-electron chi connectivity index (χ3n) is 3.43. The summed E-state index contributed by atoms with van der Waals surface area (Å²) in [5, 5.41) is 3.12. The zero-order valence-corrected chi connectivity index (χ0v) is 13.3. The summed E-state index contributed by atoms with van der Waals surface area (Å²) in [5.74, 6) is 3.24. The first kappa shape index (κ1) is 15.3. The molecule has 1 heterocycles. The van der Waals surface area contributed by atoms with Crippen molar-refractivity contribution in [2.75, 3.05) is 30.9 Å². The quantitative estimate of drug-likeness (QED) is 0.878. The summed E-state index contributed by atoms with van der Waals surface area (Å²) in [7, 11) is 3.97. The summed E-state index contributed by atoms with van der Waals surface area (Å²) in [6, 6.07) is 12.1. The van der Waals surface area contributed by atoms with Gasteiger partial charge >= 0.3 is 0 Å². The van der Waals surface area contributed by atoms with E-state index >= 15 is 0 Å². The fraction of sp³-hybridized carbons (Fsp3) is 0.412. The SMILES string of the molecule is CNc1cc(N(C)CCC(C)C)nc(-c2ccccc2)n1. The fourth-order valence-corrected chi connectivity index (χ4v) is 2.04. The molecule has 0 aliphatic carbocycles. The van der Waals surface area contributed by atoms with Crippen LogP contribution >= 0.6 is 0 Å². The molecule has 0 unspecified atom stereocenters. The molecule has 4 nitrogen and oxygen atoms in total. The molecule has 4 heteroatoms. The molecule has 1 aromatic carbocycles. The molecule has 1 N–H and O–H groups in total. The van der Waals surface area contributed by atoms with Gasteiger partial charge in [0.05, 0.1) is 0 Å². The second-order valence-electron chi connectivity index (χ2n) is 5.66. The Morgan fingerprint density at radius 1 is 1.14 bits per heavy atom. The van der Waals surface area contributed by atoms with Gasteiger partial charge in [-0.3, -0.25) is 0 Å². The van der Waals surface area contributed by atoms with Crippen LogP contribution in [0.3, 0.4) is 0 Å². The summed E-state index contributed by atoms with van der Waals surface area (Å²) in [6.45, 7) is 5.47. The molecular weight excluding hydrogens is 260 g/mol. The Morgan fingerprint density at radius 2 is 1.86 bits per heavy atom. The lowest BCUT2D eigenvalue weighted by Crippen LogP contribution is -2.21. The van der Waals surface area contributed by atoms with E-state index in [2.05, 4.69) is 36.1 Å². The van der Waals surface area contributed by atoms with Gasteiger partial charge in [-0.15, -0.1) is 0 Å². The molecule has 112 valence electrons. The highest BCUT2D eigenvalue weighted by molar-refractivity contribution is 5.61. The number of nitrogens with zero attached hydrogens (tertiary/aromatic N) is 3. The summed E-state index contributed by atoms with van der Waals surface area (Å²) in [4.78, 5) is 11.4. The van der Waals surface area contributed by atoms with Gasteiger partial charge in [-0.25, -0.2) is 9.97 Å². The summed E-state index contributed by atoms with van der Waals surface area (Å²) in [5.41, 5.74) is 1.04. The fourth-order valence-electron chi connectivity index (χ4n) is 2.04. The largest absolute Gasteiger partial charge is 0.373 e. The van der Waals surface area contributed by atoms with Gasteiger partial charge in [-0.2, -0.15) is 0 Å². The maximum atomic E-state index is 4.70. The van der Waals surface area contributed by atoms with E-state index in [4.69, 9.17) is 4.98 Å². The number of anilines is 2. The van der Waals surface area contributed by atoms with E-state index in [-0.39, 0.29) is 0 Å². The zero-order valence-electron chi connectivity index (χ0n) is 13.3. The first-order chi connectivity index (χ1) is 10.1. The minimum atomic E-state index is 0.687. The highest BCUT2D eigenvalue weighted by Gasteiger charge is 2.10. The Morgan fingerprint density at radius 3 is 2.48 bits per heavy atom. The first-order valence-electron chi connectivity index (χ1n) is 7.43. The van der Waals surface area contributed by atoms with Gasteiger partial charge in [-0.05, 0) is 12.3 Å². The Kier molecular flexibility index (Phi) is 5.14. The smallest absolute Gasteiger partial charge is 0.163 e. The lowest BCUT2D eigenvalue weighted by atomic mass is 10.1. The lowest BCUT2D eigenvalue weighted by Gasteiger charge is -2.20. The van der Waals surface area contributed by atoms with Gasteiger partial charge in [0.1, 0.15) is 11.6 Å². The summed E-state index contributed by atoms with van der Waals surface area (Å²) in [6.07, 6.45) is 1.15. The molecule has 0 amide bonds. The number of aromatic nitrogens is 2. The van der Waals surface area contributed by atoms with E-state index in [0.29, 0.717) is 5.92 Å². The van der Waals surface area contributed by atoms with Crippen LogP contribution in [0.25, 0.3) is 11.4 Å². The van der Waals surface area contributed by atoms with Crippen molar-refractivity contribution in [3.8, 4) is 11.4 Å². The first-order valence-corrected chi connectivity index (χ1v) is 7.43. The van der Waals surface area contributed by atoms with Gasteiger partial charge in [0.15, 0.2) is 5.82 Å². The minimum Gasteiger partial charge on any atom is -0.373 e. The van der Waals surface area contributed by atoms with E-state index in [0.717, 1.165) is 36.0 Å². The van der Waals surface area contributed by atoms with Crippen molar-refractivity contribution in [1.82, 2.24) is 9.97 Å². The van der Waals surface area contributed by atoms with Gasteiger partial charge in [0, 0.05) is 32.3 Å². The molecule has 2 aromatic rings. The molecule has 0 aliphatic heterocycles. The highest BCUT2D eigenvalue weighted by atomic mass is 15.2. The van der Waals surface area contributed by atoms with Crippen molar-refractivity contribution in [3.05, 3.63) is 36.4 Å². The Hall–Kier alpha value is -2.10. The van der Waals surface area contributed by atoms with Gasteiger partial charge in [0.2, 0.25) is 0 Å². The molecule has 0 saturated carbocycles. The Balaban J connectivity index is 2.29. The van der Waals surface area contributed by atoms with E-state index in [1.54, 1.807) is 0 Å². The van der Waals surface area contributed by atoms with E-state index < -0.39 is 0 Å². The number of hydrogen-bond donors (Lipinski definition) is 1. The molecule has 0 aliphatic rings. The zero-order chi connectivity index (χ0) is 15.2. The van der Waals surface area contributed by atoms with Crippen LogP contribution in [0.1, 0.15) is 20.3 Å². The highest BCUT2D eigenvalue weighted by Crippen LogP contribution is 2.22. The van der Waals surface area contributed by atoms with Crippen LogP contribution in [0.4, 0.5) is 11.6 Å². The van der Waals surface area contributed by atoms with Crippen molar-refractivity contribution in [3.63, 3.8) is 0 Å². The molecular formula is C17H24N4. The summed E-state index contributed by atoms with van der Waals surface area (Å²) >= 11 is 0. The number of benzene rings is 1. The minimum absolute atomic E-state index is 0.687. The van der Waals surface area contributed by atoms with Crippen LogP contribution in [0.15, 0.2) is 36.4 Å². The van der Waals surface area contributed by atoms with Gasteiger partial charge in [0.25, 0.3) is 0 Å². The van der Waals surface area contributed by atoms with E-state index in [1.807, 2.05) is 43.4 Å². The predicted octanol–water partition coefficient (Wildman–Crippen LogP) is 3.67. The monoisotopic (exact) mass is 284 g/mol. The van der Waals surface area contributed by atoms with Crippen molar-refractivity contribution in [1.29, 1.82) is 0 Å². The molecule has 21 heavy (non-hydrogen) atoms. The third-order valence-corrected chi connectivity index (χ3v) is 3.43. The molecule has 2 rings (SSSR count). The standard InChI is InChI=1S/C17H24N4/c1-13(2)10-11-21(4)16-12-15(18-3)19-17(20-16)14-8-6-5-7-9-14/h5-9,12-13H,10-11H2,1-4H3,(H,18,19,20). The van der Waals surface area contributed by atoms with E-state index in [1.165, 1.54) is 0 Å².